The first-order valence-corrected chi connectivity index (χ1v) is 22.7. The molecule has 1 spiro atoms. The van der Waals surface area contributed by atoms with Crippen LogP contribution in [0.1, 0.15) is 97.7 Å². The van der Waals surface area contributed by atoms with Crippen LogP contribution in [-0.4, -0.2) is 121 Å². The minimum Gasteiger partial charge on any atom is -0.464 e. The highest BCUT2D eigenvalue weighted by Gasteiger charge is 2.45. The molecule has 0 radical (unpaired) electrons. The van der Waals surface area contributed by atoms with Crippen molar-refractivity contribution < 1.29 is 23.9 Å². The Labute approximate surface area is 356 Å². The number of aryl methyl sites for hydroxylation is 1. The maximum atomic E-state index is 14.7. The number of nitrogens with one attached hydrogen (secondary N) is 3. The number of hydrogen-bond donors (Lipinski definition) is 3. The van der Waals surface area contributed by atoms with Crippen molar-refractivity contribution in [2.24, 2.45) is 16.7 Å². The lowest BCUT2D eigenvalue weighted by molar-refractivity contribution is -0.156. The molecule has 3 aromatic rings. The molecule has 0 aliphatic carbocycles. The Morgan fingerprint density at radius 1 is 1.08 bits per heavy atom. The molecule has 8 rings (SSSR count). The summed E-state index contributed by atoms with van der Waals surface area (Å²) in [6.07, 6.45) is 5.93. The highest BCUT2D eigenvalue weighted by Crippen LogP contribution is 2.42. The van der Waals surface area contributed by atoms with Crippen LogP contribution in [-0.2, 0) is 36.8 Å². The average Bonchev–Trinajstić information content (AvgIpc) is 3.96. The Balaban J connectivity index is 1.16. The fourth-order valence-electron chi connectivity index (χ4n) is 10.8. The second kappa shape index (κ2) is 17.4. The number of hydrogen-bond acceptors (Lipinski definition) is 10. The molecule has 0 unspecified atom stereocenters. The van der Waals surface area contributed by atoms with E-state index in [9.17, 15) is 14.4 Å². The quantitative estimate of drug-likeness (QED) is 0.272. The molecule has 5 aliphatic heterocycles. The van der Waals surface area contributed by atoms with E-state index in [2.05, 4.69) is 103 Å². The number of pyridine rings is 1. The number of amides is 2. The van der Waals surface area contributed by atoms with Crippen molar-refractivity contribution in [1.82, 2.24) is 35.5 Å². The van der Waals surface area contributed by atoms with E-state index in [-0.39, 0.29) is 53.8 Å². The smallest absolute Gasteiger partial charge is 0.324 e. The van der Waals surface area contributed by atoms with Crippen LogP contribution < -0.4 is 21.0 Å². The third-order valence-corrected chi connectivity index (χ3v) is 13.8. The molecule has 13 nitrogen and oxygen atoms in total. The summed E-state index contributed by atoms with van der Waals surface area (Å²) in [5, 5.41) is 9.53. The maximum Gasteiger partial charge on any atom is 0.324 e. The minimum absolute atomic E-state index is 0.0553. The summed E-state index contributed by atoms with van der Waals surface area (Å²) in [6, 6.07) is 9.10. The van der Waals surface area contributed by atoms with Crippen molar-refractivity contribution in [2.75, 3.05) is 63.9 Å². The van der Waals surface area contributed by atoms with E-state index < -0.39 is 17.5 Å². The summed E-state index contributed by atoms with van der Waals surface area (Å²) in [6.45, 7) is 22.1. The van der Waals surface area contributed by atoms with Crippen LogP contribution in [0.4, 0.5) is 5.69 Å². The first-order valence-electron chi connectivity index (χ1n) is 22.7. The molecule has 2 amide bonds. The van der Waals surface area contributed by atoms with Crippen molar-refractivity contribution in [2.45, 2.75) is 124 Å². The number of morpholine rings is 1. The van der Waals surface area contributed by atoms with E-state index in [0.717, 1.165) is 68.0 Å². The van der Waals surface area contributed by atoms with Gasteiger partial charge in [-0.15, -0.1) is 0 Å². The number of likely N-dealkylation sites (tertiary alicyclic amines) is 1. The number of hydrazine groups is 1. The van der Waals surface area contributed by atoms with Crippen LogP contribution in [0.25, 0.3) is 22.2 Å². The standard InChI is InChI=1S/C47H68N8O5/c1-8-54-39-14-13-32-23-35(39)36(42(54)34-11-9-17-49-40(34)30(2)3)25-46(6,7)29-60-45(58)37-12-10-19-55(51-37)44(57)38(24-33-26-52(32)21-22-59-33)50-43(56)41(31(4)5)53-20-16-47(28-53)15-18-48-27-47/h9,11,13-14,17,23,30-31,33,37-38,41,48,51H,8,10,12,15-16,18-22,24-29H2,1-7H3,(H,50,56)/t33-,37-,38-,41-,47-/m0/s1. The van der Waals surface area contributed by atoms with Crippen LogP contribution in [0.3, 0.4) is 0 Å². The number of cyclic esters (lactones) is 1. The summed E-state index contributed by atoms with van der Waals surface area (Å²) in [4.78, 5) is 52.6. The van der Waals surface area contributed by atoms with Crippen molar-refractivity contribution in [3.05, 3.63) is 47.8 Å². The largest absolute Gasteiger partial charge is 0.464 e. The van der Waals surface area contributed by atoms with Gasteiger partial charge in [0.05, 0.1) is 36.7 Å². The van der Waals surface area contributed by atoms with Gasteiger partial charge in [0.15, 0.2) is 0 Å². The molecule has 0 saturated carbocycles. The van der Waals surface area contributed by atoms with Crippen molar-refractivity contribution in [1.29, 1.82) is 0 Å². The Kier molecular flexibility index (Phi) is 12.4. The summed E-state index contributed by atoms with van der Waals surface area (Å²) in [7, 11) is 0. The Bertz CT molecular complexity index is 2060. The van der Waals surface area contributed by atoms with E-state index in [4.69, 9.17) is 14.5 Å². The molecule has 4 saturated heterocycles. The van der Waals surface area contributed by atoms with E-state index in [1.165, 1.54) is 16.6 Å². The molecule has 60 heavy (non-hydrogen) atoms. The number of esters is 1. The fraction of sp³-hybridized carbons (Fsp3) is 0.660. The normalized spacial score (nSPS) is 27.2. The number of anilines is 1. The van der Waals surface area contributed by atoms with E-state index in [1.54, 1.807) is 5.01 Å². The van der Waals surface area contributed by atoms with Crippen molar-refractivity contribution in [3.63, 3.8) is 0 Å². The van der Waals surface area contributed by atoms with Crippen LogP contribution in [0.5, 0.6) is 0 Å². The predicted molar refractivity (Wildman–Crippen MR) is 234 cm³/mol. The van der Waals surface area contributed by atoms with E-state index >= 15 is 0 Å². The number of benzene rings is 1. The SMILES string of the molecule is CCn1c(-c2cccnc2C(C)C)c2c3cc(ccc31)N1CCO[C@@H](C[C@H](NC(=O)[C@H](C(C)C)N3CC[C@]4(CCNC4)C3)C(=O)N3CCC[C@H](N3)C(=O)OCC(C)(C)C2)C1. The van der Waals surface area contributed by atoms with Gasteiger partial charge in [0.25, 0.3) is 5.91 Å². The number of ether oxygens (including phenoxy) is 2. The number of fused-ring (bicyclic) bond motifs is 6. The molecular formula is C47H68N8O5. The molecule has 4 fully saturated rings. The molecule has 3 N–H and O–H groups in total. The minimum atomic E-state index is -0.849. The van der Waals surface area contributed by atoms with Gasteiger partial charge in [0.2, 0.25) is 5.91 Å². The van der Waals surface area contributed by atoms with Gasteiger partial charge in [-0.05, 0) is 105 Å². The lowest BCUT2D eigenvalue weighted by Crippen LogP contribution is -2.62. The van der Waals surface area contributed by atoms with Gasteiger partial charge >= 0.3 is 5.97 Å². The monoisotopic (exact) mass is 825 g/mol. The summed E-state index contributed by atoms with van der Waals surface area (Å²) < 4.78 is 15.0. The number of nitrogens with zero attached hydrogens (tertiary/aromatic N) is 5. The molecule has 1 aromatic carbocycles. The fourth-order valence-corrected chi connectivity index (χ4v) is 10.8. The predicted octanol–water partition coefficient (Wildman–Crippen LogP) is 5.26. The van der Waals surface area contributed by atoms with Crippen LogP contribution in [0, 0.1) is 16.7 Å². The lowest BCUT2D eigenvalue weighted by Gasteiger charge is -2.39. The number of carbonyl (C=O) groups is 3. The Morgan fingerprint density at radius 2 is 1.92 bits per heavy atom. The van der Waals surface area contributed by atoms with Crippen molar-refractivity contribution >= 4 is 34.4 Å². The molecule has 7 heterocycles. The Morgan fingerprint density at radius 3 is 2.67 bits per heavy atom. The zero-order valence-electron chi connectivity index (χ0n) is 37.0. The zero-order chi connectivity index (χ0) is 42.3. The topological polar surface area (TPSA) is 133 Å². The maximum absolute atomic E-state index is 14.7. The summed E-state index contributed by atoms with van der Waals surface area (Å²) >= 11 is 0. The van der Waals surface area contributed by atoms with Crippen molar-refractivity contribution in [3.8, 4) is 11.3 Å². The summed E-state index contributed by atoms with van der Waals surface area (Å²) in [5.41, 5.74) is 9.86. The van der Waals surface area contributed by atoms with Gasteiger partial charge in [-0.25, -0.2) is 5.43 Å². The van der Waals surface area contributed by atoms with Gasteiger partial charge in [-0.1, -0.05) is 41.5 Å². The van der Waals surface area contributed by atoms with Crippen LogP contribution >= 0.6 is 0 Å². The molecule has 6 bridgehead atoms. The molecule has 13 heteroatoms. The molecule has 326 valence electrons. The second-order valence-corrected chi connectivity index (χ2v) is 19.7. The van der Waals surface area contributed by atoms with Gasteiger partial charge in [-0.2, -0.15) is 0 Å². The summed E-state index contributed by atoms with van der Waals surface area (Å²) in [5.74, 6) is -0.462. The number of rotatable bonds is 7. The molecule has 2 aromatic heterocycles. The Hall–Kier alpha value is -4.04. The third kappa shape index (κ3) is 8.56. The van der Waals surface area contributed by atoms with E-state index in [0.29, 0.717) is 51.9 Å². The highest BCUT2D eigenvalue weighted by molar-refractivity contribution is 5.95. The number of carbonyl (C=O) groups excluding carboxylic acids is 3. The highest BCUT2D eigenvalue weighted by atomic mass is 16.5. The second-order valence-electron chi connectivity index (χ2n) is 19.7. The van der Waals surface area contributed by atoms with Gasteiger partial charge in [0.1, 0.15) is 12.1 Å². The van der Waals surface area contributed by atoms with Gasteiger partial charge < -0.3 is 29.6 Å². The first kappa shape index (κ1) is 42.6. The molecular weight excluding hydrogens is 757 g/mol. The third-order valence-electron chi connectivity index (χ3n) is 13.8. The van der Waals surface area contributed by atoms with Gasteiger partial charge in [-0.3, -0.25) is 29.3 Å². The van der Waals surface area contributed by atoms with Crippen LogP contribution in [0.15, 0.2) is 36.5 Å². The number of aromatic nitrogens is 2. The molecule has 5 atom stereocenters. The van der Waals surface area contributed by atoms with Crippen LogP contribution in [0.2, 0.25) is 0 Å². The zero-order valence-corrected chi connectivity index (χ0v) is 37.0. The average molecular weight is 825 g/mol. The van der Waals surface area contributed by atoms with E-state index in [1.807, 2.05) is 12.3 Å². The van der Waals surface area contributed by atoms with Gasteiger partial charge in [0, 0.05) is 79.5 Å². The molecule has 5 aliphatic rings. The first-order chi connectivity index (χ1) is 28.8. The lowest BCUT2D eigenvalue weighted by atomic mass is 9.84.